The van der Waals surface area contributed by atoms with Gasteiger partial charge in [0.1, 0.15) is 0 Å². The SMILES string of the molecule is CCCCCCC/C=C\C/C=C\CCCCCCCCCCCCCCCCCCCCCCCCCCCC(=O)NC(CO)C(O)/C=C/CCCCCCCCCCCCC. The molecule has 0 rings (SSSR count). The number of carbonyl (C=O) groups excluding carboxylic acids is 1. The highest BCUT2D eigenvalue weighted by Crippen LogP contribution is 2.17. The Morgan fingerprint density at radius 1 is 0.387 bits per heavy atom. The van der Waals surface area contributed by atoms with E-state index < -0.39 is 12.1 Å². The standard InChI is InChI=1S/C58H111NO3/c1-3-5-7-9-11-13-15-17-18-19-20-21-22-23-24-25-26-27-28-29-30-31-32-33-34-35-36-37-38-39-40-42-44-46-48-50-52-54-58(62)59-56(55-60)57(61)53-51-49-47-45-43-41-16-14-12-10-8-6-4-2/h15,17,19-20,51,53,56-57,60-61H,3-14,16,18,21-50,52,54-55H2,1-2H3,(H,59,62)/b17-15-,20-19-,53-51+. The van der Waals surface area contributed by atoms with E-state index in [1.165, 1.54) is 257 Å². The summed E-state index contributed by atoms with van der Waals surface area (Å²) in [6.45, 7) is 4.31. The Hall–Kier alpha value is -1.39. The molecule has 0 radical (unpaired) electrons. The minimum atomic E-state index is -0.836. The molecule has 0 saturated heterocycles. The number of hydrogen-bond acceptors (Lipinski definition) is 3. The number of nitrogens with one attached hydrogen (secondary N) is 1. The van der Waals surface area contributed by atoms with Crippen LogP contribution in [0, 0.1) is 0 Å². The van der Waals surface area contributed by atoms with E-state index in [4.69, 9.17) is 0 Å². The van der Waals surface area contributed by atoms with Crippen LogP contribution in [0.15, 0.2) is 36.5 Å². The molecule has 1 amide bonds. The molecule has 62 heavy (non-hydrogen) atoms. The number of allylic oxidation sites excluding steroid dienone is 5. The van der Waals surface area contributed by atoms with E-state index in [0.717, 1.165) is 32.1 Å². The Balaban J connectivity index is 3.38. The molecule has 4 heteroatoms. The molecular weight excluding hydrogens is 759 g/mol. The van der Waals surface area contributed by atoms with E-state index in [1.807, 2.05) is 6.08 Å². The van der Waals surface area contributed by atoms with Crippen molar-refractivity contribution in [2.24, 2.45) is 0 Å². The van der Waals surface area contributed by atoms with E-state index in [1.54, 1.807) is 6.08 Å². The average molecular weight is 871 g/mol. The normalized spacial score (nSPS) is 13.0. The van der Waals surface area contributed by atoms with E-state index >= 15 is 0 Å². The zero-order valence-corrected chi connectivity index (χ0v) is 42.2. The van der Waals surface area contributed by atoms with Crippen LogP contribution >= 0.6 is 0 Å². The lowest BCUT2D eigenvalue weighted by molar-refractivity contribution is -0.123. The van der Waals surface area contributed by atoms with Crippen LogP contribution in [0.4, 0.5) is 0 Å². The van der Waals surface area contributed by atoms with Gasteiger partial charge in [0.05, 0.1) is 18.8 Å². The quantitative estimate of drug-likeness (QED) is 0.0421. The van der Waals surface area contributed by atoms with Crippen LogP contribution in [0.1, 0.15) is 309 Å². The molecule has 0 heterocycles. The zero-order chi connectivity index (χ0) is 44.9. The van der Waals surface area contributed by atoms with Crippen LogP contribution in [-0.2, 0) is 4.79 Å². The molecule has 2 unspecified atom stereocenters. The van der Waals surface area contributed by atoms with Crippen LogP contribution in [0.2, 0.25) is 0 Å². The highest BCUT2D eigenvalue weighted by molar-refractivity contribution is 5.76. The van der Waals surface area contributed by atoms with Crippen molar-refractivity contribution in [2.75, 3.05) is 6.61 Å². The van der Waals surface area contributed by atoms with Crippen LogP contribution in [0.25, 0.3) is 0 Å². The summed E-state index contributed by atoms with van der Waals surface area (Å²) in [5, 5.41) is 23.1. The van der Waals surface area contributed by atoms with Gasteiger partial charge in [-0.05, 0) is 51.4 Å². The van der Waals surface area contributed by atoms with Gasteiger partial charge in [-0.15, -0.1) is 0 Å². The van der Waals surface area contributed by atoms with Gasteiger partial charge < -0.3 is 15.5 Å². The first-order valence-electron chi connectivity index (χ1n) is 28.2. The molecule has 0 aromatic heterocycles. The van der Waals surface area contributed by atoms with Gasteiger partial charge in [-0.2, -0.15) is 0 Å². The highest BCUT2D eigenvalue weighted by atomic mass is 16.3. The lowest BCUT2D eigenvalue weighted by Crippen LogP contribution is -2.45. The van der Waals surface area contributed by atoms with Crippen LogP contribution in [0.5, 0.6) is 0 Å². The fourth-order valence-corrected chi connectivity index (χ4v) is 8.80. The summed E-state index contributed by atoms with van der Waals surface area (Å²) in [6, 6.07) is -0.619. The Morgan fingerprint density at radius 2 is 0.661 bits per heavy atom. The van der Waals surface area contributed by atoms with Gasteiger partial charge in [0.2, 0.25) is 5.91 Å². The second-order valence-corrected chi connectivity index (χ2v) is 19.4. The molecule has 0 aliphatic heterocycles. The molecule has 2 atom stereocenters. The van der Waals surface area contributed by atoms with Gasteiger partial charge in [0, 0.05) is 6.42 Å². The fraction of sp³-hybridized carbons (Fsp3) is 0.879. The van der Waals surface area contributed by atoms with Crippen molar-refractivity contribution in [3.8, 4) is 0 Å². The first-order valence-corrected chi connectivity index (χ1v) is 28.2. The fourth-order valence-electron chi connectivity index (χ4n) is 8.80. The topological polar surface area (TPSA) is 69.6 Å². The van der Waals surface area contributed by atoms with Crippen molar-refractivity contribution in [2.45, 2.75) is 321 Å². The lowest BCUT2D eigenvalue weighted by atomic mass is 10.0. The van der Waals surface area contributed by atoms with Crippen LogP contribution in [0.3, 0.4) is 0 Å². The molecule has 0 aromatic rings. The summed E-state index contributed by atoms with van der Waals surface area (Å²) in [4.78, 5) is 12.4. The Bertz CT molecular complexity index is 943. The number of amides is 1. The van der Waals surface area contributed by atoms with Crippen LogP contribution < -0.4 is 5.32 Å². The molecule has 0 fully saturated rings. The maximum absolute atomic E-state index is 12.4. The third kappa shape index (κ3) is 49.6. The molecule has 0 aliphatic rings. The third-order valence-electron chi connectivity index (χ3n) is 13.1. The molecule has 0 aliphatic carbocycles. The summed E-state index contributed by atoms with van der Waals surface area (Å²) in [5.74, 6) is -0.0593. The second kappa shape index (κ2) is 53.9. The van der Waals surface area contributed by atoms with Crippen LogP contribution in [-0.4, -0.2) is 34.9 Å². The third-order valence-corrected chi connectivity index (χ3v) is 13.1. The highest BCUT2D eigenvalue weighted by Gasteiger charge is 2.18. The Labute approximate surface area is 389 Å². The van der Waals surface area contributed by atoms with E-state index in [0.29, 0.717) is 6.42 Å². The van der Waals surface area contributed by atoms with Crippen molar-refractivity contribution in [3.05, 3.63) is 36.5 Å². The number of aliphatic hydroxyl groups excluding tert-OH is 2. The maximum Gasteiger partial charge on any atom is 0.220 e. The summed E-state index contributed by atoms with van der Waals surface area (Å²) in [6.07, 6.45) is 73.2. The van der Waals surface area contributed by atoms with Gasteiger partial charge in [-0.3, -0.25) is 4.79 Å². The first-order chi connectivity index (χ1) is 30.7. The molecule has 0 aromatic carbocycles. The van der Waals surface area contributed by atoms with Gasteiger partial charge >= 0.3 is 0 Å². The van der Waals surface area contributed by atoms with Crippen molar-refractivity contribution in [1.82, 2.24) is 5.32 Å². The molecule has 0 spiro atoms. The summed E-state index contributed by atoms with van der Waals surface area (Å²) in [7, 11) is 0. The average Bonchev–Trinajstić information content (AvgIpc) is 3.28. The van der Waals surface area contributed by atoms with Crippen molar-refractivity contribution in [1.29, 1.82) is 0 Å². The molecule has 0 bridgehead atoms. The monoisotopic (exact) mass is 870 g/mol. The summed E-state index contributed by atoms with van der Waals surface area (Å²) >= 11 is 0. The number of aliphatic hydroxyl groups is 2. The van der Waals surface area contributed by atoms with E-state index in [2.05, 4.69) is 43.5 Å². The maximum atomic E-state index is 12.4. The number of rotatable bonds is 52. The van der Waals surface area contributed by atoms with Crippen molar-refractivity contribution < 1.29 is 15.0 Å². The van der Waals surface area contributed by atoms with Gasteiger partial charge in [-0.25, -0.2) is 0 Å². The van der Waals surface area contributed by atoms with E-state index in [9.17, 15) is 15.0 Å². The summed E-state index contributed by atoms with van der Waals surface area (Å²) < 4.78 is 0. The zero-order valence-electron chi connectivity index (χ0n) is 42.2. The minimum Gasteiger partial charge on any atom is -0.394 e. The lowest BCUT2D eigenvalue weighted by Gasteiger charge is -2.20. The largest absolute Gasteiger partial charge is 0.394 e. The Kier molecular flexibility index (Phi) is 52.7. The summed E-state index contributed by atoms with van der Waals surface area (Å²) in [5.41, 5.74) is 0. The number of hydrogen-bond donors (Lipinski definition) is 3. The smallest absolute Gasteiger partial charge is 0.220 e. The van der Waals surface area contributed by atoms with Gasteiger partial charge in [0.15, 0.2) is 0 Å². The van der Waals surface area contributed by atoms with Gasteiger partial charge in [0.25, 0.3) is 0 Å². The molecule has 4 nitrogen and oxygen atoms in total. The Morgan fingerprint density at radius 3 is 0.968 bits per heavy atom. The predicted octanol–water partition coefficient (Wildman–Crippen LogP) is 18.5. The predicted molar refractivity (Wildman–Crippen MR) is 276 cm³/mol. The number of carbonyl (C=O) groups is 1. The molecule has 3 N–H and O–H groups in total. The number of unbranched alkanes of at least 4 members (excludes halogenated alkanes) is 41. The molecular formula is C58H111NO3. The second-order valence-electron chi connectivity index (χ2n) is 19.4. The molecule has 366 valence electrons. The minimum absolute atomic E-state index is 0.0593. The van der Waals surface area contributed by atoms with Crippen molar-refractivity contribution in [3.63, 3.8) is 0 Å². The molecule has 0 saturated carbocycles. The first kappa shape index (κ1) is 60.6. The van der Waals surface area contributed by atoms with Gasteiger partial charge in [-0.1, -0.05) is 288 Å². The van der Waals surface area contributed by atoms with E-state index in [-0.39, 0.29) is 12.5 Å². The van der Waals surface area contributed by atoms with Crippen molar-refractivity contribution >= 4 is 5.91 Å².